The van der Waals surface area contributed by atoms with Crippen LogP contribution in [0.3, 0.4) is 0 Å². The Balaban J connectivity index is 1.94. The molecule has 2 unspecified atom stereocenters. The van der Waals surface area contributed by atoms with Gasteiger partial charge in [-0.25, -0.2) is 4.79 Å². The van der Waals surface area contributed by atoms with Gasteiger partial charge in [-0.1, -0.05) is 110 Å². The Morgan fingerprint density at radius 2 is 1.25 bits per heavy atom. The summed E-state index contributed by atoms with van der Waals surface area (Å²) in [7, 11) is 0. The molecule has 1 saturated carbocycles. The van der Waals surface area contributed by atoms with Crippen LogP contribution < -0.4 is 0 Å². The van der Waals surface area contributed by atoms with E-state index >= 15 is 0 Å². The molecule has 0 aromatic rings. The molecule has 0 aromatic heterocycles. The number of hydrogen-bond acceptors (Lipinski definition) is 2. The molecule has 0 aromatic carbocycles. The SMILES string of the molecule is C=C(C)C(=O)OC1CCCCC1CCCCCCCCCCCCCCCC. The first kappa shape index (κ1) is 25.2. The highest BCUT2D eigenvalue weighted by molar-refractivity contribution is 5.87. The molecule has 164 valence electrons. The zero-order valence-electron chi connectivity index (χ0n) is 19.1. The Labute approximate surface area is 175 Å². The molecule has 1 aliphatic rings. The second kappa shape index (κ2) is 17.1. The molecule has 2 heteroatoms. The molecule has 0 heterocycles. The van der Waals surface area contributed by atoms with E-state index in [4.69, 9.17) is 4.74 Å². The van der Waals surface area contributed by atoms with Crippen molar-refractivity contribution in [3.8, 4) is 0 Å². The smallest absolute Gasteiger partial charge is 0.333 e. The zero-order valence-corrected chi connectivity index (χ0v) is 19.1. The molecule has 2 nitrogen and oxygen atoms in total. The van der Waals surface area contributed by atoms with E-state index < -0.39 is 0 Å². The van der Waals surface area contributed by atoms with Crippen molar-refractivity contribution in [1.82, 2.24) is 0 Å². The predicted octanol–water partition coefficient (Wildman–Crippen LogP) is 8.54. The molecule has 28 heavy (non-hydrogen) atoms. The fourth-order valence-electron chi connectivity index (χ4n) is 4.50. The molecule has 1 aliphatic carbocycles. The first-order chi connectivity index (χ1) is 13.6. The second-order valence-electron chi connectivity index (χ2n) is 9.15. The summed E-state index contributed by atoms with van der Waals surface area (Å²) in [5.74, 6) is 0.382. The lowest BCUT2D eigenvalue weighted by molar-refractivity contribution is -0.148. The third-order valence-electron chi connectivity index (χ3n) is 6.37. The maximum Gasteiger partial charge on any atom is 0.333 e. The normalized spacial score (nSPS) is 19.5. The number of carbonyl (C=O) groups is 1. The number of ether oxygens (including phenoxy) is 1. The summed E-state index contributed by atoms with van der Waals surface area (Å²) in [4.78, 5) is 11.8. The Bertz CT molecular complexity index is 401. The van der Waals surface area contributed by atoms with Gasteiger partial charge in [0.25, 0.3) is 0 Å². The molecular formula is C26H48O2. The van der Waals surface area contributed by atoms with Crippen molar-refractivity contribution in [3.05, 3.63) is 12.2 Å². The van der Waals surface area contributed by atoms with Crippen LogP contribution in [0.2, 0.25) is 0 Å². The molecule has 0 N–H and O–H groups in total. The van der Waals surface area contributed by atoms with Gasteiger partial charge in [0.05, 0.1) is 0 Å². The average molecular weight is 393 g/mol. The molecule has 1 rings (SSSR count). The van der Waals surface area contributed by atoms with Crippen molar-refractivity contribution in [3.63, 3.8) is 0 Å². The largest absolute Gasteiger partial charge is 0.459 e. The van der Waals surface area contributed by atoms with E-state index in [2.05, 4.69) is 13.5 Å². The van der Waals surface area contributed by atoms with E-state index in [1.165, 1.54) is 116 Å². The quantitative estimate of drug-likeness (QED) is 0.141. The van der Waals surface area contributed by atoms with Crippen LogP contribution in [0.15, 0.2) is 12.2 Å². The number of hydrogen-bond donors (Lipinski definition) is 0. The van der Waals surface area contributed by atoms with Crippen LogP contribution >= 0.6 is 0 Å². The first-order valence-electron chi connectivity index (χ1n) is 12.5. The summed E-state index contributed by atoms with van der Waals surface area (Å²) in [5.41, 5.74) is 0.529. The van der Waals surface area contributed by atoms with Gasteiger partial charge in [0.1, 0.15) is 6.10 Å². The van der Waals surface area contributed by atoms with Crippen molar-refractivity contribution >= 4 is 5.97 Å². The van der Waals surface area contributed by atoms with Gasteiger partial charge in [-0.3, -0.25) is 0 Å². The van der Waals surface area contributed by atoms with Crippen molar-refractivity contribution < 1.29 is 9.53 Å². The van der Waals surface area contributed by atoms with Gasteiger partial charge < -0.3 is 4.74 Å². The van der Waals surface area contributed by atoms with Gasteiger partial charge in [0.15, 0.2) is 0 Å². The number of carbonyl (C=O) groups excluding carboxylic acids is 1. The Morgan fingerprint density at radius 1 is 0.786 bits per heavy atom. The number of unbranched alkanes of at least 4 members (excludes halogenated alkanes) is 13. The Morgan fingerprint density at radius 3 is 1.75 bits per heavy atom. The third kappa shape index (κ3) is 12.6. The van der Waals surface area contributed by atoms with Crippen LogP contribution in [0.4, 0.5) is 0 Å². The highest BCUT2D eigenvalue weighted by atomic mass is 16.5. The van der Waals surface area contributed by atoms with Crippen LogP contribution in [0.25, 0.3) is 0 Å². The Kier molecular flexibility index (Phi) is 15.4. The second-order valence-corrected chi connectivity index (χ2v) is 9.15. The lowest BCUT2D eigenvalue weighted by Crippen LogP contribution is -2.30. The standard InChI is InChI=1S/C26H48O2/c1-4-5-6-7-8-9-10-11-12-13-14-15-16-17-20-24-21-18-19-22-25(24)28-26(27)23(2)3/h24-25H,2,4-22H2,1,3H3. The van der Waals surface area contributed by atoms with Crippen LogP contribution in [-0.4, -0.2) is 12.1 Å². The van der Waals surface area contributed by atoms with Crippen LogP contribution in [0.1, 0.15) is 136 Å². The van der Waals surface area contributed by atoms with E-state index in [9.17, 15) is 4.79 Å². The van der Waals surface area contributed by atoms with Gasteiger partial charge in [0, 0.05) is 5.57 Å². The summed E-state index contributed by atoms with van der Waals surface area (Å²) < 4.78 is 5.70. The fraction of sp³-hybridized carbons (Fsp3) is 0.885. The van der Waals surface area contributed by atoms with Gasteiger partial charge in [-0.2, -0.15) is 0 Å². The summed E-state index contributed by atoms with van der Waals surface area (Å²) in [6.07, 6.45) is 25.8. The van der Waals surface area contributed by atoms with E-state index in [1.807, 2.05) is 0 Å². The Hall–Kier alpha value is -0.790. The van der Waals surface area contributed by atoms with Crippen molar-refractivity contribution in [2.45, 2.75) is 142 Å². The van der Waals surface area contributed by atoms with Crippen molar-refractivity contribution in [2.75, 3.05) is 0 Å². The molecule has 0 aliphatic heterocycles. The minimum Gasteiger partial charge on any atom is -0.459 e. The highest BCUT2D eigenvalue weighted by Crippen LogP contribution is 2.31. The molecule has 0 spiro atoms. The molecular weight excluding hydrogens is 344 g/mol. The topological polar surface area (TPSA) is 26.3 Å². The molecule has 0 radical (unpaired) electrons. The molecule has 0 amide bonds. The van der Waals surface area contributed by atoms with Crippen molar-refractivity contribution in [2.24, 2.45) is 5.92 Å². The minimum atomic E-state index is -0.196. The summed E-state index contributed by atoms with van der Waals surface area (Å²) in [5, 5.41) is 0. The zero-order chi connectivity index (χ0) is 20.5. The van der Waals surface area contributed by atoms with Crippen LogP contribution in [0.5, 0.6) is 0 Å². The van der Waals surface area contributed by atoms with E-state index in [0.717, 1.165) is 6.42 Å². The van der Waals surface area contributed by atoms with Crippen molar-refractivity contribution in [1.29, 1.82) is 0 Å². The maximum atomic E-state index is 11.8. The van der Waals surface area contributed by atoms with Gasteiger partial charge in [-0.05, 0) is 38.5 Å². The number of esters is 1. The van der Waals surface area contributed by atoms with Gasteiger partial charge >= 0.3 is 5.97 Å². The monoisotopic (exact) mass is 392 g/mol. The maximum absolute atomic E-state index is 11.8. The molecule has 0 bridgehead atoms. The first-order valence-corrected chi connectivity index (χ1v) is 12.5. The van der Waals surface area contributed by atoms with Crippen LogP contribution in [-0.2, 0) is 9.53 Å². The minimum absolute atomic E-state index is 0.139. The van der Waals surface area contributed by atoms with Crippen LogP contribution in [0, 0.1) is 5.92 Å². The highest BCUT2D eigenvalue weighted by Gasteiger charge is 2.27. The van der Waals surface area contributed by atoms with E-state index in [1.54, 1.807) is 6.92 Å². The predicted molar refractivity (Wildman–Crippen MR) is 122 cm³/mol. The molecule has 0 saturated heterocycles. The number of rotatable bonds is 17. The van der Waals surface area contributed by atoms with Gasteiger partial charge in [0.2, 0.25) is 0 Å². The summed E-state index contributed by atoms with van der Waals surface area (Å²) >= 11 is 0. The van der Waals surface area contributed by atoms with E-state index in [0.29, 0.717) is 11.5 Å². The fourth-order valence-corrected chi connectivity index (χ4v) is 4.50. The molecule has 2 atom stereocenters. The summed E-state index contributed by atoms with van der Waals surface area (Å²) in [6.45, 7) is 7.74. The average Bonchev–Trinajstić information content (AvgIpc) is 2.69. The van der Waals surface area contributed by atoms with Gasteiger partial charge in [-0.15, -0.1) is 0 Å². The molecule has 1 fully saturated rings. The van der Waals surface area contributed by atoms with E-state index in [-0.39, 0.29) is 12.1 Å². The lowest BCUT2D eigenvalue weighted by Gasteiger charge is -2.31. The summed E-state index contributed by atoms with van der Waals surface area (Å²) in [6, 6.07) is 0. The third-order valence-corrected chi connectivity index (χ3v) is 6.37. The lowest BCUT2D eigenvalue weighted by atomic mass is 9.83.